The molecule has 1 aliphatic rings. The van der Waals surface area contributed by atoms with Gasteiger partial charge in [0.05, 0.1) is 0 Å². The smallest absolute Gasteiger partial charge is 0.113 e. The van der Waals surface area contributed by atoms with Gasteiger partial charge in [0, 0.05) is 30.9 Å². The molecule has 1 fully saturated rings. The molecular formula is C13H23N3. The maximum atomic E-state index is 4.57. The van der Waals surface area contributed by atoms with Crippen molar-refractivity contribution >= 4 is 0 Å². The molecule has 2 atom stereocenters. The lowest BCUT2D eigenvalue weighted by Gasteiger charge is -2.24. The van der Waals surface area contributed by atoms with Crippen LogP contribution in [0.5, 0.6) is 0 Å². The van der Waals surface area contributed by atoms with E-state index in [0.29, 0.717) is 12.0 Å². The summed E-state index contributed by atoms with van der Waals surface area (Å²) in [5.74, 6) is 1.88. The number of aromatic nitrogens is 2. The summed E-state index contributed by atoms with van der Waals surface area (Å²) in [5, 5.41) is 3.48. The molecule has 1 aromatic rings. The van der Waals surface area contributed by atoms with Crippen LogP contribution in [0.2, 0.25) is 0 Å². The third kappa shape index (κ3) is 2.29. The summed E-state index contributed by atoms with van der Waals surface area (Å²) in [5.41, 5.74) is 0. The first-order chi connectivity index (χ1) is 7.86. The normalized spacial score (nSPS) is 26.6. The number of aryl methyl sites for hydroxylation is 1. The van der Waals surface area contributed by atoms with Crippen LogP contribution in [0.3, 0.4) is 0 Å². The highest BCUT2D eigenvalue weighted by Gasteiger charge is 2.26. The van der Waals surface area contributed by atoms with Gasteiger partial charge in [-0.1, -0.05) is 19.3 Å². The molecule has 90 valence electrons. The van der Waals surface area contributed by atoms with E-state index in [-0.39, 0.29) is 0 Å². The van der Waals surface area contributed by atoms with Gasteiger partial charge >= 0.3 is 0 Å². The lowest BCUT2D eigenvalue weighted by atomic mass is 9.94. The molecule has 0 aliphatic heterocycles. The van der Waals surface area contributed by atoms with Crippen molar-refractivity contribution in [1.82, 2.24) is 14.9 Å². The number of likely N-dealkylation sites (N-methyl/N-ethyl adjacent to an activating group) is 1. The highest BCUT2D eigenvalue weighted by atomic mass is 15.1. The summed E-state index contributed by atoms with van der Waals surface area (Å²) in [6.45, 7) is 3.22. The highest BCUT2D eigenvalue weighted by molar-refractivity contribution is 5.05. The average Bonchev–Trinajstić information content (AvgIpc) is 2.66. The van der Waals surface area contributed by atoms with E-state index in [4.69, 9.17) is 0 Å². The van der Waals surface area contributed by atoms with Gasteiger partial charge in [-0.3, -0.25) is 0 Å². The average molecular weight is 221 g/mol. The van der Waals surface area contributed by atoms with E-state index in [2.05, 4.69) is 35.0 Å². The van der Waals surface area contributed by atoms with E-state index in [1.807, 2.05) is 6.20 Å². The van der Waals surface area contributed by atoms with Crippen LogP contribution in [-0.2, 0) is 6.54 Å². The van der Waals surface area contributed by atoms with E-state index in [1.165, 1.54) is 37.9 Å². The van der Waals surface area contributed by atoms with Crippen molar-refractivity contribution in [3.05, 3.63) is 18.2 Å². The van der Waals surface area contributed by atoms with Gasteiger partial charge in [0.15, 0.2) is 0 Å². The zero-order valence-electron chi connectivity index (χ0n) is 10.4. The van der Waals surface area contributed by atoms with Gasteiger partial charge in [0.25, 0.3) is 0 Å². The van der Waals surface area contributed by atoms with Gasteiger partial charge < -0.3 is 9.88 Å². The molecule has 0 amide bonds. The predicted octanol–water partition coefficient (Wildman–Crippen LogP) is 2.54. The molecule has 0 aromatic carbocycles. The number of rotatable bonds is 3. The van der Waals surface area contributed by atoms with Crippen LogP contribution < -0.4 is 5.32 Å². The van der Waals surface area contributed by atoms with Crippen molar-refractivity contribution < 1.29 is 0 Å². The molecule has 1 heterocycles. The lowest BCUT2D eigenvalue weighted by molar-refractivity contribution is 0.412. The van der Waals surface area contributed by atoms with Crippen molar-refractivity contribution in [2.24, 2.45) is 0 Å². The largest absolute Gasteiger partial charge is 0.335 e. The van der Waals surface area contributed by atoms with Gasteiger partial charge in [-0.25, -0.2) is 4.98 Å². The molecule has 2 unspecified atom stereocenters. The Kier molecular flexibility index (Phi) is 3.99. The molecule has 1 N–H and O–H groups in total. The molecule has 2 rings (SSSR count). The van der Waals surface area contributed by atoms with Crippen LogP contribution in [-0.4, -0.2) is 22.6 Å². The van der Waals surface area contributed by atoms with E-state index < -0.39 is 0 Å². The second-order valence-corrected chi connectivity index (χ2v) is 4.71. The summed E-state index contributed by atoms with van der Waals surface area (Å²) in [6, 6.07) is 0.607. The lowest BCUT2D eigenvalue weighted by Crippen LogP contribution is -2.32. The molecule has 16 heavy (non-hydrogen) atoms. The Morgan fingerprint density at radius 3 is 2.94 bits per heavy atom. The van der Waals surface area contributed by atoms with E-state index in [1.54, 1.807) is 0 Å². The topological polar surface area (TPSA) is 29.9 Å². The summed E-state index contributed by atoms with van der Waals surface area (Å²) in [7, 11) is 2.09. The zero-order valence-corrected chi connectivity index (χ0v) is 10.4. The minimum Gasteiger partial charge on any atom is -0.335 e. The maximum Gasteiger partial charge on any atom is 0.113 e. The molecule has 1 saturated carbocycles. The molecule has 0 saturated heterocycles. The van der Waals surface area contributed by atoms with Crippen molar-refractivity contribution in [2.75, 3.05) is 7.05 Å². The molecule has 0 bridgehead atoms. The summed E-state index contributed by atoms with van der Waals surface area (Å²) < 4.78 is 2.29. The molecule has 1 aromatic heterocycles. The Labute approximate surface area is 98.3 Å². The van der Waals surface area contributed by atoms with E-state index in [0.717, 1.165) is 6.54 Å². The first-order valence-corrected chi connectivity index (χ1v) is 6.55. The standard InChI is InChI=1S/C13H23N3/c1-3-16-10-9-15-13(16)11-7-5-4-6-8-12(11)14-2/h9-12,14H,3-8H2,1-2H3. The Morgan fingerprint density at radius 2 is 2.19 bits per heavy atom. The Hall–Kier alpha value is -0.830. The summed E-state index contributed by atoms with van der Waals surface area (Å²) in [6.07, 6.45) is 10.7. The van der Waals surface area contributed by atoms with Crippen LogP contribution in [0.25, 0.3) is 0 Å². The van der Waals surface area contributed by atoms with Crippen molar-refractivity contribution in [3.8, 4) is 0 Å². The Morgan fingerprint density at radius 1 is 1.38 bits per heavy atom. The van der Waals surface area contributed by atoms with Gasteiger partial charge in [-0.15, -0.1) is 0 Å². The van der Waals surface area contributed by atoms with Crippen molar-refractivity contribution in [1.29, 1.82) is 0 Å². The van der Waals surface area contributed by atoms with Crippen LogP contribution in [0.1, 0.15) is 50.8 Å². The van der Waals surface area contributed by atoms with Crippen LogP contribution in [0, 0.1) is 0 Å². The monoisotopic (exact) mass is 221 g/mol. The molecule has 0 spiro atoms. The van der Waals surface area contributed by atoms with Gasteiger partial charge in [0.2, 0.25) is 0 Å². The number of hydrogen-bond acceptors (Lipinski definition) is 2. The molecular weight excluding hydrogens is 198 g/mol. The SMILES string of the molecule is CCn1ccnc1C1CCCCCC1NC. The van der Waals surface area contributed by atoms with Crippen molar-refractivity contribution in [3.63, 3.8) is 0 Å². The third-order valence-electron chi connectivity index (χ3n) is 3.81. The first-order valence-electron chi connectivity index (χ1n) is 6.55. The second-order valence-electron chi connectivity index (χ2n) is 4.71. The number of hydrogen-bond donors (Lipinski definition) is 1. The van der Waals surface area contributed by atoms with Gasteiger partial charge in [-0.05, 0) is 26.8 Å². The fourth-order valence-corrected chi connectivity index (χ4v) is 2.88. The van der Waals surface area contributed by atoms with E-state index >= 15 is 0 Å². The minimum absolute atomic E-state index is 0.599. The van der Waals surface area contributed by atoms with Crippen LogP contribution >= 0.6 is 0 Å². The van der Waals surface area contributed by atoms with Crippen LogP contribution in [0.4, 0.5) is 0 Å². The Bertz CT molecular complexity index is 319. The van der Waals surface area contributed by atoms with Gasteiger partial charge in [0.1, 0.15) is 5.82 Å². The van der Waals surface area contributed by atoms with Crippen molar-refractivity contribution in [2.45, 2.75) is 57.5 Å². The molecule has 0 radical (unpaired) electrons. The number of imidazole rings is 1. The zero-order chi connectivity index (χ0) is 11.4. The minimum atomic E-state index is 0.599. The second kappa shape index (κ2) is 5.48. The number of nitrogens with one attached hydrogen (secondary N) is 1. The fourth-order valence-electron chi connectivity index (χ4n) is 2.88. The molecule has 3 heteroatoms. The first kappa shape index (κ1) is 11.6. The highest BCUT2D eigenvalue weighted by Crippen LogP contribution is 2.30. The quantitative estimate of drug-likeness (QED) is 0.795. The van der Waals surface area contributed by atoms with E-state index in [9.17, 15) is 0 Å². The van der Waals surface area contributed by atoms with Gasteiger partial charge in [-0.2, -0.15) is 0 Å². The summed E-state index contributed by atoms with van der Waals surface area (Å²) in [4.78, 5) is 4.57. The van der Waals surface area contributed by atoms with Crippen LogP contribution in [0.15, 0.2) is 12.4 Å². The molecule has 1 aliphatic carbocycles. The Balaban J connectivity index is 2.21. The summed E-state index contributed by atoms with van der Waals surface area (Å²) >= 11 is 0. The predicted molar refractivity (Wildman–Crippen MR) is 66.6 cm³/mol. The maximum absolute atomic E-state index is 4.57. The number of nitrogens with zero attached hydrogens (tertiary/aromatic N) is 2. The fraction of sp³-hybridized carbons (Fsp3) is 0.769. The molecule has 3 nitrogen and oxygen atoms in total. The third-order valence-corrected chi connectivity index (χ3v) is 3.81.